The Morgan fingerprint density at radius 3 is 2.60 bits per heavy atom. The van der Waals surface area contributed by atoms with Crippen LogP contribution in [-0.4, -0.2) is 93.4 Å². The third-order valence-corrected chi connectivity index (χ3v) is 7.61. The van der Waals surface area contributed by atoms with Gasteiger partial charge in [-0.1, -0.05) is 0 Å². The number of aliphatic hydroxyl groups excluding tert-OH is 1. The number of carbonyl (C=O) groups excluding carboxylic acids is 2. The second-order valence-corrected chi connectivity index (χ2v) is 11.4. The molecule has 1 fully saturated rings. The van der Waals surface area contributed by atoms with Gasteiger partial charge in [0.15, 0.2) is 23.1 Å². The zero-order valence-electron chi connectivity index (χ0n) is 24.2. The Balaban J connectivity index is 1.82. The van der Waals surface area contributed by atoms with Crippen LogP contribution in [-0.2, 0) is 37.4 Å². The van der Waals surface area contributed by atoms with Crippen molar-refractivity contribution in [1.82, 2.24) is 24.6 Å². The highest BCUT2D eigenvalue weighted by Gasteiger charge is 2.56. The van der Waals surface area contributed by atoms with E-state index in [9.17, 15) is 19.3 Å². The molecule has 0 amide bonds. The van der Waals surface area contributed by atoms with E-state index in [-0.39, 0.29) is 29.6 Å². The minimum Gasteiger partial charge on any atom is -0.479 e. The molecule has 236 valence electrons. The van der Waals surface area contributed by atoms with E-state index in [4.69, 9.17) is 33.7 Å². The number of methoxy groups -OCH3 is 1. The predicted molar refractivity (Wildman–Crippen MR) is 142 cm³/mol. The molecule has 3 rings (SSSR count). The normalized spacial score (nSPS) is 25.1. The SMILES string of the molecule is CCOC(=O)OC(C)OP(=O)(N[C@@H](C)C(=O)OC(C)C)OC[C@H]1OC(n2cnc3c(OC)nc(N)nc32)[C@](C)(F)[C@@H]1O. The number of nitrogens with one attached hydrogen (secondary N) is 1. The fraction of sp³-hybridized carbons (Fsp3) is 0.696. The molecular formula is C23H36FN6O11P. The first kappa shape index (κ1) is 33.4. The second-order valence-electron chi connectivity index (χ2n) is 9.64. The largest absolute Gasteiger partial charge is 0.510 e. The fourth-order valence-corrected chi connectivity index (χ4v) is 5.52. The lowest BCUT2D eigenvalue weighted by Crippen LogP contribution is -2.41. The molecule has 2 aromatic rings. The Labute approximate surface area is 240 Å². The zero-order valence-corrected chi connectivity index (χ0v) is 25.1. The highest BCUT2D eigenvalue weighted by Crippen LogP contribution is 2.49. The van der Waals surface area contributed by atoms with Crippen molar-refractivity contribution in [2.45, 2.75) is 84.1 Å². The molecular weight excluding hydrogens is 586 g/mol. The van der Waals surface area contributed by atoms with Crippen LogP contribution in [0.4, 0.5) is 15.1 Å². The highest BCUT2D eigenvalue weighted by molar-refractivity contribution is 7.51. The third-order valence-electron chi connectivity index (χ3n) is 5.85. The number of nitrogens with two attached hydrogens (primary N) is 1. The van der Waals surface area contributed by atoms with Gasteiger partial charge in [0.1, 0.15) is 18.2 Å². The Kier molecular flexibility index (Phi) is 10.7. The number of nitrogens with zero attached hydrogens (tertiary/aromatic N) is 4. The van der Waals surface area contributed by atoms with Gasteiger partial charge < -0.3 is 34.5 Å². The molecule has 1 aliphatic heterocycles. The number of carbonyl (C=O) groups is 2. The minimum atomic E-state index is -4.53. The maximum Gasteiger partial charge on any atom is 0.510 e. The van der Waals surface area contributed by atoms with Crippen LogP contribution in [0.1, 0.15) is 47.8 Å². The summed E-state index contributed by atoms with van der Waals surface area (Å²) in [7, 11) is -3.18. The lowest BCUT2D eigenvalue weighted by molar-refractivity contribution is -0.149. The number of halogens is 1. The number of hydrogen-bond acceptors (Lipinski definition) is 15. The minimum absolute atomic E-state index is 0.00766. The van der Waals surface area contributed by atoms with Crippen molar-refractivity contribution in [2.24, 2.45) is 0 Å². The van der Waals surface area contributed by atoms with Crippen LogP contribution in [0.3, 0.4) is 0 Å². The maximum absolute atomic E-state index is 15.9. The number of hydrogen-bond donors (Lipinski definition) is 3. The van der Waals surface area contributed by atoms with Crippen molar-refractivity contribution < 1.29 is 56.4 Å². The third kappa shape index (κ3) is 7.62. The summed E-state index contributed by atoms with van der Waals surface area (Å²) in [5.74, 6) is -0.911. The van der Waals surface area contributed by atoms with Gasteiger partial charge in [-0.25, -0.2) is 23.8 Å². The summed E-state index contributed by atoms with van der Waals surface area (Å²) in [6.45, 7) is 7.75. The maximum atomic E-state index is 15.9. The van der Waals surface area contributed by atoms with Gasteiger partial charge in [0.05, 0.1) is 32.8 Å². The van der Waals surface area contributed by atoms with Crippen molar-refractivity contribution in [2.75, 3.05) is 26.1 Å². The molecule has 3 heterocycles. The molecule has 19 heteroatoms. The van der Waals surface area contributed by atoms with E-state index >= 15 is 4.39 Å². The van der Waals surface area contributed by atoms with Gasteiger partial charge in [-0.3, -0.25) is 18.4 Å². The molecule has 1 aliphatic rings. The summed E-state index contributed by atoms with van der Waals surface area (Å²) in [6.07, 6.45) is -6.58. The second kappa shape index (κ2) is 13.4. The van der Waals surface area contributed by atoms with Crippen molar-refractivity contribution >= 4 is 37.0 Å². The van der Waals surface area contributed by atoms with Gasteiger partial charge in [0, 0.05) is 0 Å². The van der Waals surface area contributed by atoms with Gasteiger partial charge in [0.25, 0.3) is 0 Å². The molecule has 0 aliphatic carbocycles. The molecule has 0 aromatic carbocycles. The zero-order chi connectivity index (χ0) is 31.4. The molecule has 0 bridgehead atoms. The lowest BCUT2D eigenvalue weighted by Gasteiger charge is -2.26. The highest BCUT2D eigenvalue weighted by atomic mass is 31.2. The average molecular weight is 623 g/mol. The average Bonchev–Trinajstić information content (AvgIpc) is 3.39. The van der Waals surface area contributed by atoms with E-state index in [0.717, 1.165) is 6.92 Å². The Hall–Kier alpha value is -3.15. The molecule has 4 N–H and O–H groups in total. The van der Waals surface area contributed by atoms with Crippen LogP contribution in [0.25, 0.3) is 11.2 Å². The smallest absolute Gasteiger partial charge is 0.479 e. The number of imidazole rings is 1. The summed E-state index contributed by atoms with van der Waals surface area (Å²) in [4.78, 5) is 36.2. The molecule has 2 aromatic heterocycles. The van der Waals surface area contributed by atoms with Gasteiger partial charge in [-0.2, -0.15) is 9.97 Å². The summed E-state index contributed by atoms with van der Waals surface area (Å²) < 4.78 is 67.2. The molecule has 0 radical (unpaired) electrons. The van der Waals surface area contributed by atoms with E-state index in [0.29, 0.717) is 0 Å². The van der Waals surface area contributed by atoms with Crippen LogP contribution < -0.4 is 15.6 Å². The Morgan fingerprint density at radius 2 is 1.98 bits per heavy atom. The number of ether oxygens (including phenoxy) is 5. The molecule has 3 unspecified atom stereocenters. The first-order valence-electron chi connectivity index (χ1n) is 12.9. The Morgan fingerprint density at radius 1 is 1.29 bits per heavy atom. The van der Waals surface area contributed by atoms with Gasteiger partial charge in [-0.15, -0.1) is 0 Å². The number of fused-ring (bicyclic) bond motifs is 1. The summed E-state index contributed by atoms with van der Waals surface area (Å²) in [5.41, 5.74) is 3.54. The summed E-state index contributed by atoms with van der Waals surface area (Å²) in [5, 5.41) is 13.2. The number of alkyl halides is 1. The number of nitrogen functional groups attached to an aromatic ring is 1. The first-order chi connectivity index (χ1) is 19.6. The van der Waals surface area contributed by atoms with Crippen molar-refractivity contribution in [1.29, 1.82) is 0 Å². The quantitative estimate of drug-likeness (QED) is 0.165. The van der Waals surface area contributed by atoms with Crippen molar-refractivity contribution in [3.63, 3.8) is 0 Å². The topological polar surface area (TPSA) is 218 Å². The number of rotatable bonds is 13. The number of aliphatic hydroxyl groups is 1. The van der Waals surface area contributed by atoms with E-state index < -0.39 is 69.0 Å². The van der Waals surface area contributed by atoms with Gasteiger partial charge in [-0.05, 0) is 41.5 Å². The Bertz CT molecular complexity index is 1310. The van der Waals surface area contributed by atoms with Gasteiger partial charge >= 0.3 is 19.9 Å². The number of aromatic nitrogens is 4. The van der Waals surface area contributed by atoms with E-state index in [1.54, 1.807) is 20.8 Å². The first-order valence-corrected chi connectivity index (χ1v) is 14.5. The number of esters is 1. The standard InChI is InChI=1S/C23H36FN6O11P/c1-8-36-22(33)39-13(5)41-42(34,29-12(4)19(32)38-11(2)3)37-9-14-16(31)23(6,24)20(40-14)30-10-26-15-17(30)27-21(25)28-18(15)35-7/h10-14,16,20,31H,8-9H2,1-7H3,(H,29,34)(H2,25,27,28)/t12-,13?,14+,16+,20?,23+,42?/m0/s1. The van der Waals surface area contributed by atoms with E-state index in [1.807, 2.05) is 0 Å². The molecule has 42 heavy (non-hydrogen) atoms. The van der Waals surface area contributed by atoms with Crippen LogP contribution in [0.2, 0.25) is 0 Å². The molecule has 0 spiro atoms. The molecule has 0 saturated carbocycles. The lowest BCUT2D eigenvalue weighted by atomic mass is 9.98. The van der Waals surface area contributed by atoms with Crippen LogP contribution in [0.5, 0.6) is 5.88 Å². The fourth-order valence-electron chi connectivity index (χ4n) is 3.97. The molecule has 1 saturated heterocycles. The van der Waals surface area contributed by atoms with Crippen molar-refractivity contribution in [3.05, 3.63) is 6.33 Å². The molecule has 17 nitrogen and oxygen atoms in total. The molecule has 7 atom stereocenters. The van der Waals surface area contributed by atoms with E-state index in [2.05, 4.69) is 24.8 Å². The summed E-state index contributed by atoms with van der Waals surface area (Å²) in [6, 6.07) is -1.22. The van der Waals surface area contributed by atoms with Crippen LogP contribution in [0.15, 0.2) is 6.33 Å². The van der Waals surface area contributed by atoms with Crippen LogP contribution in [0, 0.1) is 0 Å². The van der Waals surface area contributed by atoms with Crippen molar-refractivity contribution in [3.8, 4) is 5.88 Å². The van der Waals surface area contributed by atoms with E-state index in [1.165, 1.54) is 31.9 Å². The predicted octanol–water partition coefficient (Wildman–Crippen LogP) is 1.99. The summed E-state index contributed by atoms with van der Waals surface area (Å²) >= 11 is 0. The van der Waals surface area contributed by atoms with Crippen LogP contribution >= 0.6 is 7.75 Å². The van der Waals surface area contributed by atoms with Gasteiger partial charge in [0.2, 0.25) is 18.1 Å². The monoisotopic (exact) mass is 622 g/mol. The number of anilines is 1.